The SMILES string of the molecule is Cc1nc(CN2CCN(CC(=O)NC(C)(C#N)C(C)C)CC2)cs1. The van der Waals surface area contributed by atoms with Gasteiger partial charge in [-0.05, 0) is 19.8 Å². The van der Waals surface area contributed by atoms with E-state index in [1.165, 1.54) is 0 Å². The van der Waals surface area contributed by atoms with Crippen molar-refractivity contribution in [1.29, 1.82) is 5.26 Å². The molecule has 1 amide bonds. The Balaban J connectivity index is 1.76. The molecule has 0 spiro atoms. The summed E-state index contributed by atoms with van der Waals surface area (Å²) in [7, 11) is 0. The molecule has 2 heterocycles. The largest absolute Gasteiger partial charge is 0.337 e. The van der Waals surface area contributed by atoms with Crippen LogP contribution in [-0.4, -0.2) is 59.0 Å². The molecule has 1 aromatic rings. The maximum Gasteiger partial charge on any atom is 0.235 e. The number of thiazole rings is 1. The van der Waals surface area contributed by atoms with Gasteiger partial charge in [0.2, 0.25) is 5.91 Å². The standard InChI is InChI=1S/C17H27N5OS/c1-13(2)17(4,12-18)20-16(23)10-22-7-5-21(6-8-22)9-15-11-24-14(3)19-15/h11,13H,5-10H2,1-4H3,(H,20,23). The molecule has 1 fully saturated rings. The summed E-state index contributed by atoms with van der Waals surface area (Å²) in [6, 6.07) is 2.22. The van der Waals surface area contributed by atoms with Gasteiger partial charge in [0.1, 0.15) is 5.54 Å². The van der Waals surface area contributed by atoms with E-state index < -0.39 is 5.54 Å². The van der Waals surface area contributed by atoms with Crippen molar-refractivity contribution in [3.8, 4) is 6.07 Å². The first-order valence-corrected chi connectivity index (χ1v) is 9.28. The molecule has 1 saturated heterocycles. The number of aromatic nitrogens is 1. The second kappa shape index (κ2) is 8.06. The Morgan fingerprint density at radius 2 is 2.04 bits per heavy atom. The number of nitrogens with zero attached hydrogens (tertiary/aromatic N) is 4. The Labute approximate surface area is 148 Å². The van der Waals surface area contributed by atoms with Crippen LogP contribution in [0.4, 0.5) is 0 Å². The molecule has 7 heteroatoms. The summed E-state index contributed by atoms with van der Waals surface area (Å²) < 4.78 is 0. The molecule has 0 aromatic carbocycles. The van der Waals surface area contributed by atoms with E-state index in [4.69, 9.17) is 0 Å². The van der Waals surface area contributed by atoms with Crippen molar-refractivity contribution in [2.45, 2.75) is 39.8 Å². The van der Waals surface area contributed by atoms with Crippen molar-refractivity contribution in [3.63, 3.8) is 0 Å². The molecule has 2 rings (SSSR count). The minimum absolute atomic E-state index is 0.0728. The quantitative estimate of drug-likeness (QED) is 0.845. The Hall–Kier alpha value is -1.49. The fourth-order valence-corrected chi connectivity index (χ4v) is 3.25. The average Bonchev–Trinajstić information content (AvgIpc) is 2.94. The molecule has 1 unspecified atom stereocenters. The number of rotatable bonds is 6. The molecule has 1 aromatic heterocycles. The summed E-state index contributed by atoms with van der Waals surface area (Å²) in [4.78, 5) is 21.3. The highest BCUT2D eigenvalue weighted by Gasteiger charge is 2.30. The Morgan fingerprint density at radius 3 is 2.54 bits per heavy atom. The zero-order valence-electron chi connectivity index (χ0n) is 15.0. The number of nitrogens with one attached hydrogen (secondary N) is 1. The molecule has 1 aliphatic rings. The number of piperazine rings is 1. The van der Waals surface area contributed by atoms with E-state index in [0.29, 0.717) is 6.54 Å². The third-order valence-electron chi connectivity index (χ3n) is 4.67. The highest BCUT2D eigenvalue weighted by molar-refractivity contribution is 7.09. The van der Waals surface area contributed by atoms with Crippen LogP contribution >= 0.6 is 11.3 Å². The molecular weight excluding hydrogens is 322 g/mol. The zero-order chi connectivity index (χ0) is 17.7. The van der Waals surface area contributed by atoms with Gasteiger partial charge in [0.05, 0.1) is 23.3 Å². The highest BCUT2D eigenvalue weighted by atomic mass is 32.1. The number of carbonyl (C=O) groups is 1. The third kappa shape index (κ3) is 5.00. The first kappa shape index (κ1) is 18.8. The molecule has 1 atom stereocenters. The predicted octanol–water partition coefficient (Wildman–Crippen LogP) is 1.62. The van der Waals surface area contributed by atoms with Crippen LogP contribution < -0.4 is 5.32 Å². The maximum absolute atomic E-state index is 12.2. The minimum atomic E-state index is -0.804. The van der Waals surface area contributed by atoms with E-state index >= 15 is 0 Å². The van der Waals surface area contributed by atoms with E-state index in [1.807, 2.05) is 20.8 Å². The average molecular weight is 350 g/mol. The summed E-state index contributed by atoms with van der Waals surface area (Å²) in [5.41, 5.74) is 0.326. The maximum atomic E-state index is 12.2. The lowest BCUT2D eigenvalue weighted by atomic mass is 9.90. The lowest BCUT2D eigenvalue weighted by molar-refractivity contribution is -0.124. The predicted molar refractivity (Wildman–Crippen MR) is 95.6 cm³/mol. The Kier molecular flexibility index (Phi) is 6.33. The van der Waals surface area contributed by atoms with E-state index in [-0.39, 0.29) is 11.8 Å². The minimum Gasteiger partial charge on any atom is -0.337 e. The van der Waals surface area contributed by atoms with E-state index in [9.17, 15) is 10.1 Å². The number of hydrogen-bond donors (Lipinski definition) is 1. The van der Waals surface area contributed by atoms with Crippen LogP contribution in [0.2, 0.25) is 0 Å². The van der Waals surface area contributed by atoms with Crippen LogP contribution in [0.3, 0.4) is 0 Å². The van der Waals surface area contributed by atoms with Gasteiger partial charge in [-0.1, -0.05) is 13.8 Å². The second-order valence-electron chi connectivity index (χ2n) is 6.93. The van der Waals surface area contributed by atoms with Crippen LogP contribution in [0.5, 0.6) is 0 Å². The molecule has 1 aliphatic heterocycles. The summed E-state index contributed by atoms with van der Waals surface area (Å²) in [5.74, 6) is 0.00110. The molecule has 24 heavy (non-hydrogen) atoms. The van der Waals surface area contributed by atoms with E-state index in [1.54, 1.807) is 18.3 Å². The molecule has 0 aliphatic carbocycles. The molecule has 6 nitrogen and oxygen atoms in total. The van der Waals surface area contributed by atoms with Gasteiger partial charge in [-0.3, -0.25) is 14.6 Å². The number of amides is 1. The fourth-order valence-electron chi connectivity index (χ4n) is 2.65. The first-order valence-electron chi connectivity index (χ1n) is 8.40. The smallest absolute Gasteiger partial charge is 0.235 e. The molecule has 1 N–H and O–H groups in total. The number of nitriles is 1. The molecule has 0 bridgehead atoms. The number of aryl methyl sites for hydroxylation is 1. The first-order chi connectivity index (χ1) is 11.3. The third-order valence-corrected chi connectivity index (χ3v) is 5.49. The molecule has 132 valence electrons. The van der Waals surface area contributed by atoms with E-state index in [2.05, 4.69) is 31.5 Å². The van der Waals surface area contributed by atoms with Gasteiger partial charge in [0.15, 0.2) is 0 Å². The van der Waals surface area contributed by atoms with Crippen LogP contribution in [0.1, 0.15) is 31.5 Å². The lowest BCUT2D eigenvalue weighted by Crippen LogP contribution is -2.54. The molecule has 0 radical (unpaired) electrons. The Morgan fingerprint density at radius 1 is 1.42 bits per heavy atom. The highest BCUT2D eigenvalue weighted by Crippen LogP contribution is 2.15. The summed E-state index contributed by atoms with van der Waals surface area (Å²) >= 11 is 1.68. The normalized spacial score (nSPS) is 19.0. The van der Waals surface area contributed by atoms with Crippen molar-refractivity contribution in [2.75, 3.05) is 32.7 Å². The number of carbonyl (C=O) groups excluding carboxylic acids is 1. The Bertz CT molecular complexity index is 600. The summed E-state index contributed by atoms with van der Waals surface area (Å²) in [6.07, 6.45) is 0. The van der Waals surface area contributed by atoms with Crippen LogP contribution in [0.15, 0.2) is 5.38 Å². The summed E-state index contributed by atoms with van der Waals surface area (Å²) in [6.45, 7) is 12.5. The topological polar surface area (TPSA) is 72.3 Å². The molecular formula is C17H27N5OS. The summed E-state index contributed by atoms with van der Waals surface area (Å²) in [5, 5.41) is 15.4. The molecule has 0 saturated carbocycles. The van der Waals surface area contributed by atoms with Crippen molar-refractivity contribution in [2.24, 2.45) is 5.92 Å². The van der Waals surface area contributed by atoms with Gasteiger partial charge in [0.25, 0.3) is 0 Å². The van der Waals surface area contributed by atoms with Crippen molar-refractivity contribution in [3.05, 3.63) is 16.1 Å². The lowest BCUT2D eigenvalue weighted by Gasteiger charge is -2.35. The van der Waals surface area contributed by atoms with Gasteiger partial charge < -0.3 is 5.32 Å². The van der Waals surface area contributed by atoms with E-state index in [0.717, 1.165) is 43.4 Å². The van der Waals surface area contributed by atoms with Gasteiger partial charge in [-0.15, -0.1) is 11.3 Å². The van der Waals surface area contributed by atoms with Gasteiger partial charge in [-0.2, -0.15) is 5.26 Å². The zero-order valence-corrected chi connectivity index (χ0v) is 15.8. The van der Waals surface area contributed by atoms with Gasteiger partial charge in [-0.25, -0.2) is 4.98 Å². The van der Waals surface area contributed by atoms with Crippen molar-refractivity contribution >= 4 is 17.2 Å². The second-order valence-corrected chi connectivity index (χ2v) is 7.99. The van der Waals surface area contributed by atoms with Gasteiger partial charge >= 0.3 is 0 Å². The van der Waals surface area contributed by atoms with Crippen molar-refractivity contribution in [1.82, 2.24) is 20.1 Å². The van der Waals surface area contributed by atoms with Crippen LogP contribution in [0.25, 0.3) is 0 Å². The van der Waals surface area contributed by atoms with Crippen LogP contribution in [-0.2, 0) is 11.3 Å². The van der Waals surface area contributed by atoms with Crippen LogP contribution in [0, 0.1) is 24.2 Å². The number of hydrogen-bond acceptors (Lipinski definition) is 6. The fraction of sp³-hybridized carbons (Fsp3) is 0.706. The van der Waals surface area contributed by atoms with Gasteiger partial charge in [0, 0.05) is 38.1 Å². The van der Waals surface area contributed by atoms with Crippen molar-refractivity contribution < 1.29 is 4.79 Å². The monoisotopic (exact) mass is 349 g/mol.